The predicted molar refractivity (Wildman–Crippen MR) is 127 cm³/mol. The fourth-order valence-corrected chi connectivity index (χ4v) is 3.42. The zero-order valence-electron chi connectivity index (χ0n) is 17.6. The fraction of sp³-hybridized carbons (Fsp3) is 0.0870. The van der Waals surface area contributed by atoms with Crippen molar-refractivity contribution < 1.29 is 27.8 Å². The summed E-state index contributed by atoms with van der Waals surface area (Å²) in [6.45, 7) is 0.188. The molecule has 7 nitrogen and oxygen atoms in total. The molecular formula is C23H17BrClF2N3O4. The topological polar surface area (TPSA) is 89.0 Å². The summed E-state index contributed by atoms with van der Waals surface area (Å²) < 4.78 is 37.9. The molecule has 0 aromatic heterocycles. The van der Waals surface area contributed by atoms with Gasteiger partial charge in [-0.1, -0.05) is 23.7 Å². The lowest BCUT2D eigenvalue weighted by molar-refractivity contribution is -0.136. The summed E-state index contributed by atoms with van der Waals surface area (Å²) in [5, 5.41) is 5.85. The highest BCUT2D eigenvalue weighted by molar-refractivity contribution is 9.10. The van der Waals surface area contributed by atoms with Gasteiger partial charge in [0.25, 0.3) is 0 Å². The zero-order chi connectivity index (χ0) is 24.7. The average molecular weight is 553 g/mol. The molecule has 0 saturated carbocycles. The van der Waals surface area contributed by atoms with Crippen LogP contribution in [0, 0.1) is 11.6 Å². The molecule has 11 heteroatoms. The van der Waals surface area contributed by atoms with Gasteiger partial charge in [0.15, 0.2) is 11.5 Å². The van der Waals surface area contributed by atoms with E-state index < -0.39 is 17.6 Å². The van der Waals surface area contributed by atoms with Crippen LogP contribution < -0.4 is 20.2 Å². The molecular weight excluding hydrogens is 536 g/mol. The van der Waals surface area contributed by atoms with Gasteiger partial charge in [0.2, 0.25) is 0 Å². The average Bonchev–Trinajstić information content (AvgIpc) is 2.81. The molecule has 0 aliphatic heterocycles. The van der Waals surface area contributed by atoms with Crippen molar-refractivity contribution in [3.05, 3.63) is 86.9 Å². The van der Waals surface area contributed by atoms with E-state index in [0.29, 0.717) is 21.5 Å². The number of hydrogen-bond donors (Lipinski definition) is 2. The number of hydrogen-bond acceptors (Lipinski definition) is 5. The van der Waals surface area contributed by atoms with E-state index in [1.54, 1.807) is 24.3 Å². The number of hydrazone groups is 1. The number of ether oxygens (including phenoxy) is 2. The first-order valence-corrected chi connectivity index (χ1v) is 10.8. The monoisotopic (exact) mass is 551 g/mol. The van der Waals surface area contributed by atoms with Gasteiger partial charge in [-0.25, -0.2) is 14.2 Å². The quantitative estimate of drug-likeness (QED) is 0.244. The molecule has 3 aromatic rings. The molecule has 3 aromatic carbocycles. The van der Waals surface area contributed by atoms with Crippen molar-refractivity contribution in [3.63, 3.8) is 0 Å². The summed E-state index contributed by atoms with van der Waals surface area (Å²) in [6.07, 6.45) is 1.30. The van der Waals surface area contributed by atoms with Crippen LogP contribution in [0.25, 0.3) is 0 Å². The number of halogens is 4. The number of carbonyl (C=O) groups excluding carboxylic acids is 2. The van der Waals surface area contributed by atoms with E-state index in [2.05, 4.69) is 31.8 Å². The molecule has 0 fully saturated rings. The highest BCUT2D eigenvalue weighted by Gasteiger charge is 2.15. The maximum Gasteiger partial charge on any atom is 0.329 e. The summed E-state index contributed by atoms with van der Waals surface area (Å²) in [6, 6.07) is 12.7. The van der Waals surface area contributed by atoms with Crippen LogP contribution >= 0.6 is 27.5 Å². The third-order valence-electron chi connectivity index (χ3n) is 4.31. The van der Waals surface area contributed by atoms with Gasteiger partial charge in [-0.2, -0.15) is 5.10 Å². The smallest absolute Gasteiger partial charge is 0.329 e. The van der Waals surface area contributed by atoms with Crippen LogP contribution in [0.2, 0.25) is 5.02 Å². The number of anilines is 1. The first kappa shape index (κ1) is 25.1. The van der Waals surface area contributed by atoms with Crippen molar-refractivity contribution in [2.75, 3.05) is 12.4 Å². The lowest BCUT2D eigenvalue weighted by Crippen LogP contribution is -2.32. The van der Waals surface area contributed by atoms with Crippen LogP contribution in [-0.2, 0) is 16.2 Å². The number of amides is 2. The third kappa shape index (κ3) is 6.75. The van der Waals surface area contributed by atoms with Crippen molar-refractivity contribution in [2.45, 2.75) is 6.61 Å². The fourth-order valence-electron chi connectivity index (χ4n) is 2.67. The van der Waals surface area contributed by atoms with Crippen molar-refractivity contribution in [1.82, 2.24) is 5.43 Å². The van der Waals surface area contributed by atoms with Crippen molar-refractivity contribution in [2.24, 2.45) is 5.10 Å². The van der Waals surface area contributed by atoms with Crippen molar-refractivity contribution in [3.8, 4) is 11.5 Å². The Bertz CT molecular complexity index is 1240. The second kappa shape index (κ2) is 11.6. The zero-order valence-corrected chi connectivity index (χ0v) is 19.9. The van der Waals surface area contributed by atoms with Crippen molar-refractivity contribution in [1.29, 1.82) is 0 Å². The Morgan fingerprint density at radius 3 is 2.50 bits per heavy atom. The van der Waals surface area contributed by atoms with E-state index in [-0.39, 0.29) is 23.1 Å². The maximum atomic E-state index is 13.2. The molecule has 0 atom stereocenters. The molecule has 0 heterocycles. The molecule has 0 aliphatic rings. The van der Waals surface area contributed by atoms with Crippen molar-refractivity contribution >= 4 is 51.2 Å². The lowest BCUT2D eigenvalue weighted by Gasteiger charge is -2.13. The first-order chi connectivity index (χ1) is 16.3. The lowest BCUT2D eigenvalue weighted by atomic mass is 10.2. The molecule has 176 valence electrons. The summed E-state index contributed by atoms with van der Waals surface area (Å²) >= 11 is 9.05. The Labute approximate surface area is 206 Å². The van der Waals surface area contributed by atoms with E-state index in [4.69, 9.17) is 21.1 Å². The Morgan fingerprint density at radius 2 is 1.82 bits per heavy atom. The van der Waals surface area contributed by atoms with Gasteiger partial charge in [0, 0.05) is 5.69 Å². The normalized spacial score (nSPS) is 10.7. The number of benzene rings is 3. The highest BCUT2D eigenvalue weighted by atomic mass is 79.9. The van der Waals surface area contributed by atoms with Crippen LogP contribution in [0.4, 0.5) is 14.5 Å². The van der Waals surface area contributed by atoms with Crippen LogP contribution in [0.5, 0.6) is 11.5 Å². The number of rotatable bonds is 7. The Kier molecular flexibility index (Phi) is 8.55. The molecule has 3 rings (SSSR count). The molecule has 0 saturated heterocycles. The first-order valence-electron chi connectivity index (χ1n) is 9.61. The number of methoxy groups -OCH3 is 1. The van der Waals surface area contributed by atoms with Gasteiger partial charge in [-0.3, -0.25) is 9.59 Å². The minimum atomic E-state index is -1.04. The summed E-state index contributed by atoms with van der Waals surface area (Å²) in [5.41, 5.74) is 3.55. The highest BCUT2D eigenvalue weighted by Crippen LogP contribution is 2.36. The van der Waals surface area contributed by atoms with E-state index in [9.17, 15) is 18.4 Å². The van der Waals surface area contributed by atoms with Gasteiger partial charge >= 0.3 is 11.8 Å². The molecule has 0 spiro atoms. The van der Waals surface area contributed by atoms with Gasteiger partial charge in [0.05, 0.1) is 22.8 Å². The van der Waals surface area contributed by atoms with Crippen LogP contribution in [0.15, 0.2) is 64.2 Å². The molecule has 2 N–H and O–H groups in total. The van der Waals surface area contributed by atoms with E-state index in [0.717, 1.165) is 11.6 Å². The molecule has 2 amide bonds. The standard InChI is InChI=1S/C23H17BrClF2N3O4/c1-33-20-9-14(8-17(24)21(20)34-12-13-2-4-15(26)5-3-13)11-28-30-23(32)22(31)29-16-6-7-19(27)18(25)10-16/h2-11H,12H2,1H3,(H,29,31)(H,30,32). The van der Waals surface area contributed by atoms with Gasteiger partial charge in [-0.15, -0.1) is 0 Å². The predicted octanol–water partition coefficient (Wildman–Crippen LogP) is 5.06. The second-order valence-electron chi connectivity index (χ2n) is 6.73. The van der Waals surface area contributed by atoms with Gasteiger partial charge in [0.1, 0.15) is 18.2 Å². The minimum absolute atomic E-state index is 0.153. The third-order valence-corrected chi connectivity index (χ3v) is 5.19. The minimum Gasteiger partial charge on any atom is -0.493 e. The Morgan fingerprint density at radius 1 is 1.09 bits per heavy atom. The summed E-state index contributed by atoms with van der Waals surface area (Å²) in [4.78, 5) is 23.9. The number of nitrogens with zero attached hydrogens (tertiary/aromatic N) is 1. The number of nitrogens with one attached hydrogen (secondary N) is 2. The van der Waals surface area contributed by atoms with Gasteiger partial charge in [-0.05, 0) is 69.5 Å². The SMILES string of the molecule is COc1cc(C=NNC(=O)C(=O)Nc2ccc(F)c(Cl)c2)cc(Br)c1OCc1ccc(F)cc1. The largest absolute Gasteiger partial charge is 0.493 e. The summed E-state index contributed by atoms with van der Waals surface area (Å²) in [7, 11) is 1.46. The molecule has 0 radical (unpaired) electrons. The Balaban J connectivity index is 1.61. The van der Waals surface area contributed by atoms with E-state index in [1.807, 2.05) is 0 Å². The van der Waals surface area contributed by atoms with E-state index in [1.165, 1.54) is 37.6 Å². The van der Waals surface area contributed by atoms with E-state index >= 15 is 0 Å². The molecule has 0 aliphatic carbocycles. The van der Waals surface area contributed by atoms with Crippen LogP contribution in [0.3, 0.4) is 0 Å². The molecule has 34 heavy (non-hydrogen) atoms. The van der Waals surface area contributed by atoms with Crippen LogP contribution in [-0.4, -0.2) is 25.1 Å². The molecule has 0 bridgehead atoms. The van der Waals surface area contributed by atoms with Gasteiger partial charge < -0.3 is 14.8 Å². The summed E-state index contributed by atoms with van der Waals surface area (Å²) in [5.74, 6) is -2.23. The second-order valence-corrected chi connectivity index (χ2v) is 7.99. The van der Waals surface area contributed by atoms with Crippen LogP contribution in [0.1, 0.15) is 11.1 Å². The maximum absolute atomic E-state index is 13.2. The number of carbonyl (C=O) groups is 2. The Hall–Kier alpha value is -3.50. The molecule has 0 unspecified atom stereocenters.